The van der Waals surface area contributed by atoms with Crippen LogP contribution < -0.4 is 10.1 Å². The summed E-state index contributed by atoms with van der Waals surface area (Å²) in [5, 5.41) is 23.1. The van der Waals surface area contributed by atoms with Gasteiger partial charge in [-0.05, 0) is 25.0 Å². The van der Waals surface area contributed by atoms with Gasteiger partial charge in [0.25, 0.3) is 0 Å². The van der Waals surface area contributed by atoms with Crippen LogP contribution in [0.1, 0.15) is 19.3 Å². The highest BCUT2D eigenvalue weighted by Gasteiger charge is 2.24. The van der Waals surface area contributed by atoms with E-state index in [1.807, 2.05) is 0 Å². The Bertz CT molecular complexity index is 540. The van der Waals surface area contributed by atoms with Crippen LogP contribution in [-0.2, 0) is 0 Å². The van der Waals surface area contributed by atoms with E-state index < -0.39 is 4.92 Å². The summed E-state index contributed by atoms with van der Waals surface area (Å²) in [5.41, 5.74) is -0.0805. The van der Waals surface area contributed by atoms with Gasteiger partial charge in [-0.15, -0.1) is 0 Å². The molecule has 1 fully saturated rings. The quantitative estimate of drug-likeness (QED) is 0.609. The molecule has 0 aliphatic heterocycles. The molecule has 106 valence electrons. The molecule has 1 aromatic rings. The Balaban J connectivity index is 1.89. The van der Waals surface area contributed by atoms with Crippen molar-refractivity contribution in [1.82, 2.24) is 5.32 Å². The minimum absolute atomic E-state index is 0.0805. The summed E-state index contributed by atoms with van der Waals surface area (Å²) in [4.78, 5) is 10.4. The summed E-state index contributed by atoms with van der Waals surface area (Å²) in [6, 6.07) is 7.00. The highest BCUT2D eigenvalue weighted by Crippen LogP contribution is 2.30. The van der Waals surface area contributed by atoms with Crippen molar-refractivity contribution in [3.8, 4) is 11.8 Å². The first-order valence-electron chi connectivity index (χ1n) is 6.32. The number of nitrogens with one attached hydrogen (secondary N) is 1. The zero-order chi connectivity index (χ0) is 14.5. The highest BCUT2D eigenvalue weighted by molar-refractivity contribution is 9.10. The number of hydrogen-bond donors (Lipinski definition) is 1. The molecule has 0 heterocycles. The van der Waals surface area contributed by atoms with Crippen molar-refractivity contribution in [3.05, 3.63) is 32.8 Å². The van der Waals surface area contributed by atoms with Gasteiger partial charge in [0.05, 0.1) is 23.6 Å². The molecule has 6 nitrogen and oxygen atoms in total. The zero-order valence-electron chi connectivity index (χ0n) is 10.7. The fourth-order valence-electron chi connectivity index (χ4n) is 1.76. The molecule has 1 atom stereocenters. The lowest BCUT2D eigenvalue weighted by molar-refractivity contribution is -0.385. The van der Waals surface area contributed by atoms with E-state index >= 15 is 0 Å². The number of nitriles is 1. The largest absolute Gasteiger partial charge is 0.487 e. The smallest absolute Gasteiger partial charge is 0.312 e. The van der Waals surface area contributed by atoms with Crippen molar-refractivity contribution in [2.75, 3.05) is 6.61 Å². The SMILES string of the molecule is N#CC(CCOc1ccc(Br)cc1[N+](=O)[O-])NC1CC1. The summed E-state index contributed by atoms with van der Waals surface area (Å²) in [6.45, 7) is 0.264. The van der Waals surface area contributed by atoms with Gasteiger partial charge in [0, 0.05) is 23.0 Å². The molecule has 1 saturated carbocycles. The van der Waals surface area contributed by atoms with Crippen molar-refractivity contribution in [2.24, 2.45) is 0 Å². The van der Waals surface area contributed by atoms with Crippen molar-refractivity contribution >= 4 is 21.6 Å². The lowest BCUT2D eigenvalue weighted by atomic mass is 10.2. The van der Waals surface area contributed by atoms with Crippen LogP contribution >= 0.6 is 15.9 Å². The predicted octanol–water partition coefficient (Wildman–Crippen LogP) is 2.77. The molecule has 0 bridgehead atoms. The first kappa shape index (κ1) is 14.8. The molecule has 20 heavy (non-hydrogen) atoms. The van der Waals surface area contributed by atoms with E-state index in [4.69, 9.17) is 10.00 Å². The average Bonchev–Trinajstić information content (AvgIpc) is 3.23. The zero-order valence-corrected chi connectivity index (χ0v) is 12.3. The predicted molar refractivity (Wildman–Crippen MR) is 76.5 cm³/mol. The Kier molecular flexibility index (Phi) is 4.93. The molecule has 7 heteroatoms. The number of nitro benzene ring substituents is 1. The Morgan fingerprint density at radius 1 is 1.60 bits per heavy atom. The first-order valence-corrected chi connectivity index (χ1v) is 7.12. The number of ether oxygens (including phenoxy) is 1. The van der Waals surface area contributed by atoms with Gasteiger partial charge in [-0.3, -0.25) is 15.4 Å². The second-order valence-electron chi connectivity index (χ2n) is 4.63. The molecule has 1 N–H and O–H groups in total. The maximum atomic E-state index is 10.9. The Morgan fingerprint density at radius 2 is 2.35 bits per heavy atom. The van der Waals surface area contributed by atoms with E-state index in [0.717, 1.165) is 12.8 Å². The summed E-state index contributed by atoms with van der Waals surface area (Å²) in [6.07, 6.45) is 2.72. The number of rotatable bonds is 7. The Morgan fingerprint density at radius 3 is 2.95 bits per heavy atom. The van der Waals surface area contributed by atoms with Gasteiger partial charge >= 0.3 is 5.69 Å². The summed E-state index contributed by atoms with van der Waals surface area (Å²) < 4.78 is 6.06. The first-order chi connectivity index (χ1) is 9.60. The normalized spacial score (nSPS) is 15.4. The van der Waals surface area contributed by atoms with Crippen LogP contribution in [-0.4, -0.2) is 23.6 Å². The Hall–Kier alpha value is -1.65. The number of hydrogen-bond acceptors (Lipinski definition) is 5. The van der Waals surface area contributed by atoms with Gasteiger partial charge in [0.15, 0.2) is 5.75 Å². The second-order valence-corrected chi connectivity index (χ2v) is 5.54. The van der Waals surface area contributed by atoms with Gasteiger partial charge in [-0.2, -0.15) is 5.26 Å². The number of nitro groups is 1. The molecular formula is C13H14BrN3O3. The van der Waals surface area contributed by atoms with Crippen LogP contribution in [0, 0.1) is 21.4 Å². The van der Waals surface area contributed by atoms with Crippen LogP contribution in [0.3, 0.4) is 0 Å². The van der Waals surface area contributed by atoms with Crippen molar-refractivity contribution in [2.45, 2.75) is 31.3 Å². The third-order valence-corrected chi connectivity index (χ3v) is 3.45. The van der Waals surface area contributed by atoms with Crippen molar-refractivity contribution in [1.29, 1.82) is 5.26 Å². The molecule has 0 amide bonds. The Labute approximate surface area is 125 Å². The van der Waals surface area contributed by atoms with Crippen LogP contribution in [0.15, 0.2) is 22.7 Å². The molecule has 1 unspecified atom stereocenters. The van der Waals surface area contributed by atoms with E-state index in [0.29, 0.717) is 16.9 Å². The van der Waals surface area contributed by atoms with Crippen LogP contribution in [0.4, 0.5) is 5.69 Å². The maximum absolute atomic E-state index is 10.9. The average molecular weight is 340 g/mol. The third kappa shape index (κ3) is 4.18. The van der Waals surface area contributed by atoms with E-state index in [1.54, 1.807) is 12.1 Å². The lowest BCUT2D eigenvalue weighted by Crippen LogP contribution is -2.31. The van der Waals surface area contributed by atoms with Crippen molar-refractivity contribution in [3.63, 3.8) is 0 Å². The van der Waals surface area contributed by atoms with Gasteiger partial charge in [0.2, 0.25) is 0 Å². The molecule has 0 spiro atoms. The minimum atomic E-state index is -0.482. The minimum Gasteiger partial charge on any atom is -0.487 e. The summed E-state index contributed by atoms with van der Waals surface area (Å²) in [7, 11) is 0. The molecule has 0 radical (unpaired) electrons. The van der Waals surface area contributed by atoms with E-state index in [2.05, 4.69) is 27.3 Å². The molecule has 2 rings (SSSR count). The van der Waals surface area contributed by atoms with E-state index in [-0.39, 0.29) is 24.1 Å². The lowest BCUT2D eigenvalue weighted by Gasteiger charge is -2.11. The summed E-state index contributed by atoms with van der Waals surface area (Å²) in [5.74, 6) is 0.223. The molecule has 0 aromatic heterocycles. The fourth-order valence-corrected chi connectivity index (χ4v) is 2.11. The van der Waals surface area contributed by atoms with Crippen molar-refractivity contribution < 1.29 is 9.66 Å². The number of nitrogens with zero attached hydrogens (tertiary/aromatic N) is 2. The molecule has 0 saturated heterocycles. The van der Waals surface area contributed by atoms with Crippen LogP contribution in [0.25, 0.3) is 0 Å². The number of benzene rings is 1. The van der Waals surface area contributed by atoms with Gasteiger partial charge in [0.1, 0.15) is 0 Å². The molecule has 1 aliphatic rings. The van der Waals surface area contributed by atoms with Gasteiger partial charge in [-0.25, -0.2) is 0 Å². The monoisotopic (exact) mass is 339 g/mol. The van der Waals surface area contributed by atoms with Crippen LogP contribution in [0.2, 0.25) is 0 Å². The second kappa shape index (κ2) is 6.68. The highest BCUT2D eigenvalue weighted by atomic mass is 79.9. The fraction of sp³-hybridized carbons (Fsp3) is 0.462. The maximum Gasteiger partial charge on any atom is 0.312 e. The summed E-state index contributed by atoms with van der Waals surface area (Å²) >= 11 is 3.19. The standard InChI is InChI=1S/C13H14BrN3O3/c14-9-1-4-13(12(7-9)17(18)19)20-6-5-11(8-15)16-10-2-3-10/h1,4,7,10-11,16H,2-3,5-6H2. The van der Waals surface area contributed by atoms with E-state index in [1.165, 1.54) is 6.07 Å². The van der Waals surface area contributed by atoms with Gasteiger partial charge in [-0.1, -0.05) is 15.9 Å². The van der Waals surface area contributed by atoms with Gasteiger partial charge < -0.3 is 4.74 Å². The molecular weight excluding hydrogens is 326 g/mol. The third-order valence-electron chi connectivity index (χ3n) is 2.95. The number of halogens is 1. The van der Waals surface area contributed by atoms with E-state index in [9.17, 15) is 10.1 Å². The molecule has 1 aliphatic carbocycles. The van der Waals surface area contributed by atoms with Crippen LogP contribution in [0.5, 0.6) is 5.75 Å². The topological polar surface area (TPSA) is 88.2 Å². The molecule has 1 aromatic carbocycles.